The zero-order valence-electron chi connectivity index (χ0n) is 15.2. The van der Waals surface area contributed by atoms with E-state index in [0.29, 0.717) is 13.1 Å². The van der Waals surface area contributed by atoms with Crippen molar-refractivity contribution >= 4 is 22.6 Å². The largest absolute Gasteiger partial charge is 0.477 e. The van der Waals surface area contributed by atoms with Crippen LogP contribution in [0.2, 0.25) is 0 Å². The van der Waals surface area contributed by atoms with Gasteiger partial charge in [0.25, 0.3) is 0 Å². The molecule has 27 heavy (non-hydrogen) atoms. The summed E-state index contributed by atoms with van der Waals surface area (Å²) in [5.41, 5.74) is -1.54. The molecule has 6 nitrogen and oxygen atoms in total. The van der Waals surface area contributed by atoms with E-state index >= 15 is 4.39 Å². The molecule has 2 aliphatic rings. The third-order valence-corrected chi connectivity index (χ3v) is 5.96. The molecule has 8 heteroatoms. The van der Waals surface area contributed by atoms with Gasteiger partial charge >= 0.3 is 5.97 Å². The smallest absolute Gasteiger partial charge is 0.341 e. The van der Waals surface area contributed by atoms with E-state index in [9.17, 15) is 19.1 Å². The van der Waals surface area contributed by atoms with E-state index in [-0.39, 0.29) is 35.2 Å². The van der Waals surface area contributed by atoms with Crippen LogP contribution in [0.5, 0.6) is 0 Å². The number of benzene rings is 1. The molecule has 0 saturated carbocycles. The van der Waals surface area contributed by atoms with Crippen molar-refractivity contribution in [1.82, 2.24) is 9.47 Å². The van der Waals surface area contributed by atoms with Crippen molar-refractivity contribution in [2.75, 3.05) is 25.0 Å². The second-order valence-electron chi connectivity index (χ2n) is 7.34. The number of carbonyl (C=O) groups is 1. The van der Waals surface area contributed by atoms with Crippen LogP contribution >= 0.6 is 0 Å². The number of likely N-dealkylation sites (N-methyl/N-ethyl adjacent to an activating group) is 1. The highest BCUT2D eigenvalue weighted by atomic mass is 19.1. The quantitative estimate of drug-likeness (QED) is 0.889. The van der Waals surface area contributed by atoms with Crippen LogP contribution in [0.15, 0.2) is 17.1 Å². The monoisotopic (exact) mass is 377 g/mol. The average molecular weight is 377 g/mol. The Morgan fingerprint density at radius 1 is 1.26 bits per heavy atom. The number of nitrogens with zero attached hydrogens (tertiary/aromatic N) is 3. The van der Waals surface area contributed by atoms with Crippen molar-refractivity contribution in [2.45, 2.75) is 38.4 Å². The number of piperazine rings is 1. The fourth-order valence-corrected chi connectivity index (χ4v) is 4.46. The molecule has 1 aromatic carbocycles. The van der Waals surface area contributed by atoms with Crippen LogP contribution in [-0.2, 0) is 6.54 Å². The summed E-state index contributed by atoms with van der Waals surface area (Å²) in [5, 5.41) is 8.98. The van der Waals surface area contributed by atoms with Gasteiger partial charge in [-0.1, -0.05) is 0 Å². The van der Waals surface area contributed by atoms with E-state index in [1.165, 1.54) is 4.57 Å². The Kier molecular flexibility index (Phi) is 4.18. The van der Waals surface area contributed by atoms with Gasteiger partial charge in [-0.25, -0.2) is 13.6 Å². The standard InChI is InChI=1S/C19H21F2N3O3/c1-3-23-9-13(19(26)27)18(25)12-6-14(20)17(15(21)16(12)23)24-7-10-4-5-11(8-24)22(10)2/h6,9-11H,3-5,7-8H2,1-2H3,(H,26,27)/t10-,11+. The summed E-state index contributed by atoms with van der Waals surface area (Å²) in [6.45, 7) is 3.02. The van der Waals surface area contributed by atoms with Crippen molar-refractivity contribution in [3.63, 3.8) is 0 Å². The first-order chi connectivity index (χ1) is 12.8. The zero-order valence-corrected chi connectivity index (χ0v) is 15.2. The van der Waals surface area contributed by atoms with Crippen LogP contribution in [-0.4, -0.2) is 52.8 Å². The van der Waals surface area contributed by atoms with Gasteiger partial charge in [-0.15, -0.1) is 0 Å². The van der Waals surface area contributed by atoms with Crippen molar-refractivity contribution in [2.24, 2.45) is 0 Å². The summed E-state index contributed by atoms with van der Waals surface area (Å²) >= 11 is 0. The summed E-state index contributed by atoms with van der Waals surface area (Å²) in [7, 11) is 2.04. The molecule has 4 rings (SSSR count). The lowest BCUT2D eigenvalue weighted by Crippen LogP contribution is -2.52. The minimum atomic E-state index is -1.41. The molecular formula is C19H21F2N3O3. The maximum absolute atomic E-state index is 15.4. The van der Waals surface area contributed by atoms with Gasteiger partial charge in [0.1, 0.15) is 17.1 Å². The molecule has 2 aliphatic heterocycles. The van der Waals surface area contributed by atoms with Crippen LogP contribution in [0.1, 0.15) is 30.1 Å². The van der Waals surface area contributed by atoms with E-state index in [0.717, 1.165) is 25.1 Å². The fourth-order valence-electron chi connectivity index (χ4n) is 4.46. The van der Waals surface area contributed by atoms with Gasteiger partial charge in [-0.3, -0.25) is 9.69 Å². The van der Waals surface area contributed by atoms with Gasteiger partial charge in [-0.05, 0) is 32.9 Å². The highest BCUT2D eigenvalue weighted by Crippen LogP contribution is 2.36. The third-order valence-electron chi connectivity index (χ3n) is 5.96. The Morgan fingerprint density at radius 3 is 2.44 bits per heavy atom. The normalized spacial score (nSPS) is 22.6. The van der Waals surface area contributed by atoms with Gasteiger partial charge < -0.3 is 14.6 Å². The molecule has 144 valence electrons. The Bertz CT molecular complexity index is 990. The Hall–Kier alpha value is -2.48. The second kappa shape index (κ2) is 6.30. The molecule has 2 bridgehead atoms. The molecule has 1 N–H and O–H groups in total. The summed E-state index contributed by atoms with van der Waals surface area (Å²) in [4.78, 5) is 27.7. The van der Waals surface area contributed by atoms with Crippen LogP contribution < -0.4 is 10.3 Å². The number of aryl methyl sites for hydroxylation is 1. The van der Waals surface area contributed by atoms with Crippen LogP contribution in [0.3, 0.4) is 0 Å². The molecular weight excluding hydrogens is 356 g/mol. The molecule has 2 saturated heterocycles. The lowest BCUT2D eigenvalue weighted by molar-refractivity contribution is 0.0695. The van der Waals surface area contributed by atoms with Crippen molar-refractivity contribution in [1.29, 1.82) is 0 Å². The molecule has 0 radical (unpaired) electrons. The average Bonchev–Trinajstić information content (AvgIpc) is 2.82. The summed E-state index contributed by atoms with van der Waals surface area (Å²) in [6.07, 6.45) is 3.12. The number of halogens is 2. The number of hydrogen-bond acceptors (Lipinski definition) is 4. The molecule has 0 unspecified atom stereocenters. The summed E-state index contributed by atoms with van der Waals surface area (Å²) < 4.78 is 31.7. The number of fused-ring (bicyclic) bond motifs is 3. The predicted octanol–water partition coefficient (Wildman–Crippen LogP) is 2.28. The number of hydrogen-bond donors (Lipinski definition) is 1. The number of rotatable bonds is 3. The molecule has 0 amide bonds. The first-order valence-corrected chi connectivity index (χ1v) is 9.08. The lowest BCUT2D eigenvalue weighted by Gasteiger charge is -2.40. The van der Waals surface area contributed by atoms with Gasteiger partial charge in [-0.2, -0.15) is 0 Å². The molecule has 0 spiro atoms. The molecule has 3 heterocycles. The van der Waals surface area contributed by atoms with Crippen molar-refractivity contribution in [3.05, 3.63) is 39.7 Å². The Balaban J connectivity index is 1.93. The number of carboxylic acids is 1. The van der Waals surface area contributed by atoms with Crippen LogP contribution in [0.25, 0.3) is 10.9 Å². The minimum absolute atomic E-state index is 0.0461. The number of carboxylic acid groups (broad SMARTS) is 1. The van der Waals surface area contributed by atoms with E-state index in [2.05, 4.69) is 4.90 Å². The minimum Gasteiger partial charge on any atom is -0.477 e. The van der Waals surface area contributed by atoms with E-state index in [1.54, 1.807) is 11.8 Å². The summed E-state index contributed by atoms with van der Waals surface area (Å²) in [5.74, 6) is -3.04. The number of anilines is 1. The number of aromatic carboxylic acids is 1. The van der Waals surface area contributed by atoms with E-state index in [1.807, 2.05) is 7.05 Å². The predicted molar refractivity (Wildman–Crippen MR) is 97.5 cm³/mol. The highest BCUT2D eigenvalue weighted by molar-refractivity contribution is 5.93. The first kappa shape index (κ1) is 17.9. The maximum atomic E-state index is 15.4. The lowest BCUT2D eigenvalue weighted by atomic mass is 10.1. The van der Waals surface area contributed by atoms with Gasteiger partial charge in [0.15, 0.2) is 5.82 Å². The van der Waals surface area contributed by atoms with E-state index < -0.39 is 28.6 Å². The Morgan fingerprint density at radius 2 is 1.89 bits per heavy atom. The fraction of sp³-hybridized carbons (Fsp3) is 0.474. The van der Waals surface area contributed by atoms with Crippen molar-refractivity contribution < 1.29 is 18.7 Å². The Labute approximate surface area is 154 Å². The van der Waals surface area contributed by atoms with Gasteiger partial charge in [0.05, 0.1) is 10.9 Å². The molecule has 2 atom stereocenters. The van der Waals surface area contributed by atoms with Crippen molar-refractivity contribution in [3.8, 4) is 0 Å². The first-order valence-electron chi connectivity index (χ1n) is 9.08. The summed E-state index contributed by atoms with van der Waals surface area (Å²) in [6, 6.07) is 1.48. The SMILES string of the molecule is CCn1cc(C(=O)O)c(=O)c2cc(F)c(N3C[C@H]4CC[C@@H](C3)N4C)c(F)c21. The zero-order chi connectivity index (χ0) is 19.5. The molecule has 2 aromatic rings. The topological polar surface area (TPSA) is 65.8 Å². The van der Waals surface area contributed by atoms with Gasteiger partial charge in [0.2, 0.25) is 5.43 Å². The van der Waals surface area contributed by atoms with Gasteiger partial charge in [0, 0.05) is 37.9 Å². The van der Waals surface area contributed by atoms with E-state index in [4.69, 9.17) is 0 Å². The maximum Gasteiger partial charge on any atom is 0.341 e. The number of pyridine rings is 1. The molecule has 0 aliphatic carbocycles. The van der Waals surface area contributed by atoms with Crippen LogP contribution in [0.4, 0.5) is 14.5 Å². The second-order valence-corrected chi connectivity index (χ2v) is 7.34. The number of aromatic nitrogens is 1. The molecule has 2 fully saturated rings. The molecule has 1 aromatic heterocycles. The van der Waals surface area contributed by atoms with Crippen LogP contribution in [0, 0.1) is 11.6 Å². The third kappa shape index (κ3) is 2.62. The highest BCUT2D eigenvalue weighted by Gasteiger charge is 2.39.